The molecule has 2 bridgehead atoms. The molecule has 4 aromatic heterocycles. The molecule has 2 N–H and O–H groups in total. The third-order valence-corrected chi connectivity index (χ3v) is 7.99. The number of piperazine rings is 1. The molecule has 0 amide bonds. The van der Waals surface area contributed by atoms with E-state index in [9.17, 15) is 0 Å². The zero-order chi connectivity index (χ0) is 26.5. The SMILES string of the molecule is COc1ccc(CN2C3CC2CN(C2=CC=C(c4cc(OCC(C)C)cn5nc6[nH]ncc6c45)CN2)C3)cn1. The number of methoxy groups -OCH3 is 1. The predicted molar refractivity (Wildman–Crippen MR) is 149 cm³/mol. The molecule has 8 heterocycles. The Labute approximate surface area is 227 Å². The summed E-state index contributed by atoms with van der Waals surface area (Å²) in [5.74, 6) is 3.13. The highest BCUT2D eigenvalue weighted by molar-refractivity contribution is 5.99. The number of aromatic amines is 1. The number of aromatic nitrogens is 5. The third-order valence-electron chi connectivity index (χ3n) is 7.99. The minimum atomic E-state index is 0.446. The first-order valence-electron chi connectivity index (χ1n) is 13.7. The van der Waals surface area contributed by atoms with E-state index in [-0.39, 0.29) is 0 Å². The van der Waals surface area contributed by atoms with Crippen LogP contribution in [0.3, 0.4) is 0 Å². The number of dihydropyridines is 1. The van der Waals surface area contributed by atoms with Gasteiger partial charge in [-0.1, -0.05) is 26.0 Å². The highest BCUT2D eigenvalue weighted by atomic mass is 16.5. The molecular formula is C29H34N8O2. The van der Waals surface area contributed by atoms with Gasteiger partial charge in [-0.3, -0.25) is 10.00 Å². The Bertz CT molecular complexity index is 1560. The van der Waals surface area contributed by atoms with Crippen LogP contribution >= 0.6 is 0 Å². The van der Waals surface area contributed by atoms with E-state index >= 15 is 0 Å². The first kappa shape index (κ1) is 24.0. The van der Waals surface area contributed by atoms with E-state index in [1.807, 2.05) is 29.2 Å². The Morgan fingerprint density at radius 1 is 1.13 bits per heavy atom. The van der Waals surface area contributed by atoms with Gasteiger partial charge in [0.2, 0.25) is 5.88 Å². The van der Waals surface area contributed by atoms with E-state index in [4.69, 9.17) is 14.6 Å². The second-order valence-corrected chi connectivity index (χ2v) is 11.1. The monoisotopic (exact) mass is 526 g/mol. The number of rotatable bonds is 8. The summed E-state index contributed by atoms with van der Waals surface area (Å²) in [6, 6.07) is 7.33. The van der Waals surface area contributed by atoms with E-state index in [2.05, 4.69) is 68.4 Å². The number of nitrogens with zero attached hydrogens (tertiary/aromatic N) is 6. The van der Waals surface area contributed by atoms with Crippen molar-refractivity contribution in [3.8, 4) is 11.6 Å². The van der Waals surface area contributed by atoms with Crippen LogP contribution in [0.5, 0.6) is 11.6 Å². The summed E-state index contributed by atoms with van der Waals surface area (Å²) < 4.78 is 13.2. The number of H-pyrrole nitrogens is 1. The van der Waals surface area contributed by atoms with Crippen LogP contribution in [0.25, 0.3) is 22.1 Å². The topological polar surface area (TPSA) is 95.8 Å². The third kappa shape index (κ3) is 4.38. The van der Waals surface area contributed by atoms with Gasteiger partial charge in [-0.25, -0.2) is 9.50 Å². The predicted octanol–water partition coefficient (Wildman–Crippen LogP) is 3.44. The van der Waals surface area contributed by atoms with Crippen molar-refractivity contribution in [3.05, 3.63) is 65.9 Å². The number of pyridine rings is 2. The lowest BCUT2D eigenvalue weighted by Gasteiger charge is -2.57. The summed E-state index contributed by atoms with van der Waals surface area (Å²) in [6.45, 7) is 8.72. The Kier molecular flexibility index (Phi) is 5.92. The van der Waals surface area contributed by atoms with Crippen LogP contribution in [0, 0.1) is 5.92 Å². The van der Waals surface area contributed by atoms with Gasteiger partial charge in [0.05, 0.1) is 37.0 Å². The molecular weight excluding hydrogens is 492 g/mol. The number of hydrogen-bond donors (Lipinski definition) is 2. The summed E-state index contributed by atoms with van der Waals surface area (Å²) in [5, 5.41) is 16.6. The fraction of sp³-hybridized carbons (Fsp3) is 0.414. The maximum atomic E-state index is 6.10. The molecule has 10 heteroatoms. The normalized spacial score (nSPS) is 21.1. The maximum absolute atomic E-state index is 6.10. The van der Waals surface area contributed by atoms with Crippen LogP contribution in [0.2, 0.25) is 0 Å². The largest absolute Gasteiger partial charge is 0.492 e. The highest BCUT2D eigenvalue weighted by Gasteiger charge is 2.45. The molecule has 0 saturated carbocycles. The number of piperidine rings is 1. The van der Waals surface area contributed by atoms with Crippen LogP contribution in [-0.2, 0) is 6.54 Å². The van der Waals surface area contributed by atoms with Crippen molar-refractivity contribution in [2.75, 3.05) is 33.4 Å². The van der Waals surface area contributed by atoms with Gasteiger partial charge >= 0.3 is 0 Å². The zero-order valence-electron chi connectivity index (χ0n) is 22.6. The number of ether oxygens (including phenoxy) is 2. The number of hydrogen-bond acceptors (Lipinski definition) is 8. The average molecular weight is 527 g/mol. The first-order valence-corrected chi connectivity index (χ1v) is 13.7. The maximum Gasteiger partial charge on any atom is 0.212 e. The lowest BCUT2D eigenvalue weighted by atomic mass is 9.86. The minimum absolute atomic E-state index is 0.446. The van der Waals surface area contributed by atoms with Crippen LogP contribution in [0.4, 0.5) is 0 Å². The molecule has 0 spiro atoms. The van der Waals surface area contributed by atoms with E-state index in [0.717, 1.165) is 54.0 Å². The number of allylic oxidation sites excluding steroid dienone is 2. The summed E-state index contributed by atoms with van der Waals surface area (Å²) >= 11 is 0. The van der Waals surface area contributed by atoms with Crippen molar-refractivity contribution in [1.29, 1.82) is 0 Å². The van der Waals surface area contributed by atoms with Crippen molar-refractivity contribution in [2.45, 2.75) is 38.9 Å². The molecule has 4 aliphatic heterocycles. The van der Waals surface area contributed by atoms with Crippen LogP contribution in [-0.4, -0.2) is 80.0 Å². The van der Waals surface area contributed by atoms with Gasteiger partial charge in [0, 0.05) is 56.1 Å². The molecule has 0 radical (unpaired) electrons. The van der Waals surface area contributed by atoms with Crippen molar-refractivity contribution in [2.24, 2.45) is 5.92 Å². The fourth-order valence-corrected chi connectivity index (χ4v) is 5.99. The van der Waals surface area contributed by atoms with Crippen molar-refractivity contribution >= 4 is 22.1 Å². The number of fused-ring (bicyclic) bond motifs is 5. The van der Waals surface area contributed by atoms with Gasteiger partial charge in [0.15, 0.2) is 5.65 Å². The van der Waals surface area contributed by atoms with E-state index in [1.165, 1.54) is 23.4 Å². The lowest BCUT2D eigenvalue weighted by molar-refractivity contribution is -0.0660. The standard InChI is InChI=1S/C29H34N8O2/c1-18(2)17-39-23-9-24(28-25-12-32-33-29(25)34-37(28)16-23)20-5-6-26(30-11-20)35-14-21-8-22(15-35)36(21)13-19-4-7-27(38-3)31-10-19/h4-7,9-10,12,16,18,21-22,30H,8,11,13-15,17H2,1-3H3,(H,33,34). The summed E-state index contributed by atoms with van der Waals surface area (Å²) in [7, 11) is 1.65. The molecule has 0 aromatic carbocycles. The minimum Gasteiger partial charge on any atom is -0.492 e. The molecule has 4 aliphatic rings. The average Bonchev–Trinajstić information content (AvgIpc) is 3.56. The van der Waals surface area contributed by atoms with E-state index < -0.39 is 0 Å². The van der Waals surface area contributed by atoms with E-state index in [0.29, 0.717) is 30.5 Å². The molecule has 10 nitrogen and oxygen atoms in total. The molecule has 3 fully saturated rings. The van der Waals surface area contributed by atoms with Gasteiger partial charge in [-0.15, -0.1) is 5.10 Å². The Morgan fingerprint density at radius 3 is 2.72 bits per heavy atom. The summed E-state index contributed by atoms with van der Waals surface area (Å²) in [4.78, 5) is 9.48. The Balaban J connectivity index is 1.10. The van der Waals surface area contributed by atoms with Crippen molar-refractivity contribution < 1.29 is 9.47 Å². The second kappa shape index (κ2) is 9.60. The Morgan fingerprint density at radius 2 is 2.00 bits per heavy atom. The molecule has 2 unspecified atom stereocenters. The first-order chi connectivity index (χ1) is 19.1. The molecule has 0 aliphatic carbocycles. The van der Waals surface area contributed by atoms with Crippen LogP contribution in [0.15, 0.2) is 54.8 Å². The van der Waals surface area contributed by atoms with Gasteiger partial charge in [-0.05, 0) is 35.6 Å². The van der Waals surface area contributed by atoms with Gasteiger partial charge in [0.1, 0.15) is 11.6 Å². The van der Waals surface area contributed by atoms with Gasteiger partial charge < -0.3 is 19.7 Å². The quantitative estimate of drug-likeness (QED) is 0.361. The van der Waals surface area contributed by atoms with Crippen molar-refractivity contribution in [3.63, 3.8) is 0 Å². The van der Waals surface area contributed by atoms with Crippen LogP contribution in [0.1, 0.15) is 31.4 Å². The lowest BCUT2D eigenvalue weighted by Crippen LogP contribution is -2.68. The molecule has 3 saturated heterocycles. The molecule has 39 heavy (non-hydrogen) atoms. The van der Waals surface area contributed by atoms with Crippen molar-refractivity contribution in [1.82, 2.24) is 39.9 Å². The fourth-order valence-electron chi connectivity index (χ4n) is 5.99. The van der Waals surface area contributed by atoms with Gasteiger partial charge in [0.25, 0.3) is 0 Å². The molecule has 4 aromatic rings. The smallest absolute Gasteiger partial charge is 0.212 e. The summed E-state index contributed by atoms with van der Waals surface area (Å²) in [6.07, 6.45) is 11.5. The van der Waals surface area contributed by atoms with Crippen LogP contribution < -0.4 is 14.8 Å². The number of nitrogens with one attached hydrogen (secondary N) is 2. The molecule has 8 rings (SSSR count). The second-order valence-electron chi connectivity index (χ2n) is 11.1. The zero-order valence-corrected chi connectivity index (χ0v) is 22.6. The Hall–Kier alpha value is -4.05. The highest BCUT2D eigenvalue weighted by Crippen LogP contribution is 2.36. The van der Waals surface area contributed by atoms with Gasteiger partial charge in [-0.2, -0.15) is 5.10 Å². The van der Waals surface area contributed by atoms with E-state index in [1.54, 1.807) is 7.11 Å². The summed E-state index contributed by atoms with van der Waals surface area (Å²) in [5.41, 5.74) is 5.38. The molecule has 2 atom stereocenters. The molecule has 202 valence electrons.